The van der Waals surface area contributed by atoms with Crippen LogP contribution in [0.15, 0.2) is 28.7 Å². The Hall–Kier alpha value is -0.430. The molecular formula is C10H15BrN2O2S. The van der Waals surface area contributed by atoms with Gasteiger partial charge in [-0.3, -0.25) is 0 Å². The molecule has 1 aromatic rings. The van der Waals surface area contributed by atoms with Crippen LogP contribution in [0.4, 0.5) is 0 Å². The molecule has 0 radical (unpaired) electrons. The predicted molar refractivity (Wildman–Crippen MR) is 68.4 cm³/mol. The third-order valence-electron chi connectivity index (χ3n) is 2.03. The first kappa shape index (κ1) is 13.6. The molecular weight excluding hydrogens is 292 g/mol. The van der Waals surface area contributed by atoms with Crippen molar-refractivity contribution < 1.29 is 8.42 Å². The lowest BCUT2D eigenvalue weighted by atomic mass is 10.2. The highest BCUT2D eigenvalue weighted by Crippen LogP contribution is 2.10. The summed E-state index contributed by atoms with van der Waals surface area (Å²) in [7, 11) is -3.19. The average Bonchev–Trinajstić information content (AvgIpc) is 2.26. The average molecular weight is 307 g/mol. The number of hydrogen-bond acceptors (Lipinski definition) is 3. The third-order valence-corrected chi connectivity index (χ3v) is 3.97. The molecule has 0 heterocycles. The number of nitrogens with two attached hydrogens (primary N) is 1. The molecule has 0 saturated heterocycles. The molecule has 0 aliphatic carbocycles. The lowest BCUT2D eigenvalue weighted by molar-refractivity contribution is 0.579. The van der Waals surface area contributed by atoms with Gasteiger partial charge in [0, 0.05) is 11.0 Å². The molecule has 1 aromatic carbocycles. The summed E-state index contributed by atoms with van der Waals surface area (Å²) in [5.74, 6) is 0.0834. The number of hydrogen-bond donors (Lipinski definition) is 2. The zero-order chi connectivity index (χ0) is 12.0. The molecule has 6 heteroatoms. The maximum absolute atomic E-state index is 11.5. The molecule has 90 valence electrons. The van der Waals surface area contributed by atoms with Crippen LogP contribution in [0.25, 0.3) is 0 Å². The van der Waals surface area contributed by atoms with Gasteiger partial charge >= 0.3 is 0 Å². The second kappa shape index (κ2) is 6.34. The van der Waals surface area contributed by atoms with E-state index in [4.69, 9.17) is 5.73 Å². The minimum Gasteiger partial charge on any atom is -0.330 e. The van der Waals surface area contributed by atoms with E-state index in [1.807, 2.05) is 24.3 Å². The molecule has 0 fully saturated rings. The van der Waals surface area contributed by atoms with Crippen molar-refractivity contribution in [3.8, 4) is 0 Å². The minimum absolute atomic E-state index is 0.0834. The molecule has 0 aliphatic heterocycles. The van der Waals surface area contributed by atoms with E-state index >= 15 is 0 Å². The van der Waals surface area contributed by atoms with Gasteiger partial charge in [-0.15, -0.1) is 0 Å². The van der Waals surface area contributed by atoms with E-state index in [2.05, 4.69) is 20.7 Å². The number of benzene rings is 1. The summed E-state index contributed by atoms with van der Waals surface area (Å²) in [5.41, 5.74) is 6.19. The van der Waals surface area contributed by atoms with Crippen LogP contribution >= 0.6 is 15.9 Å². The highest BCUT2D eigenvalue weighted by atomic mass is 79.9. The van der Waals surface area contributed by atoms with E-state index in [-0.39, 0.29) is 5.75 Å². The van der Waals surface area contributed by atoms with Crippen LogP contribution in [0.1, 0.15) is 12.0 Å². The highest BCUT2D eigenvalue weighted by molar-refractivity contribution is 9.10. The fourth-order valence-corrected chi connectivity index (χ4v) is 2.48. The topological polar surface area (TPSA) is 72.2 Å². The Kier molecular flexibility index (Phi) is 5.40. The number of halogens is 1. The normalized spacial score (nSPS) is 11.6. The second-order valence-corrected chi connectivity index (χ2v) is 6.25. The largest absolute Gasteiger partial charge is 0.330 e. The summed E-state index contributed by atoms with van der Waals surface area (Å²) in [5, 5.41) is 0. The Morgan fingerprint density at radius 3 is 2.44 bits per heavy atom. The van der Waals surface area contributed by atoms with Crippen LogP contribution in [-0.2, 0) is 16.6 Å². The van der Waals surface area contributed by atoms with E-state index in [9.17, 15) is 8.42 Å². The van der Waals surface area contributed by atoms with Crippen molar-refractivity contribution in [2.45, 2.75) is 13.0 Å². The molecule has 3 N–H and O–H groups in total. The molecule has 0 aromatic heterocycles. The van der Waals surface area contributed by atoms with Gasteiger partial charge in [0.05, 0.1) is 5.75 Å². The minimum atomic E-state index is -3.19. The summed E-state index contributed by atoms with van der Waals surface area (Å²) in [4.78, 5) is 0. The summed E-state index contributed by atoms with van der Waals surface area (Å²) < 4.78 is 26.4. The predicted octanol–water partition coefficient (Wildman–Crippen LogP) is 1.22. The van der Waals surface area contributed by atoms with Crippen LogP contribution in [-0.4, -0.2) is 20.7 Å². The van der Waals surface area contributed by atoms with Crippen molar-refractivity contribution in [2.75, 3.05) is 12.3 Å². The van der Waals surface area contributed by atoms with Crippen molar-refractivity contribution in [3.05, 3.63) is 34.3 Å². The maximum Gasteiger partial charge on any atom is 0.211 e. The van der Waals surface area contributed by atoms with Gasteiger partial charge in [-0.25, -0.2) is 13.1 Å². The molecule has 0 saturated carbocycles. The van der Waals surface area contributed by atoms with Gasteiger partial charge < -0.3 is 5.73 Å². The first-order chi connectivity index (χ1) is 7.53. The quantitative estimate of drug-likeness (QED) is 0.830. The van der Waals surface area contributed by atoms with E-state index in [1.54, 1.807) is 0 Å². The lowest BCUT2D eigenvalue weighted by Gasteiger charge is -2.06. The zero-order valence-corrected chi connectivity index (χ0v) is 11.2. The van der Waals surface area contributed by atoms with Crippen molar-refractivity contribution in [3.63, 3.8) is 0 Å². The SMILES string of the molecule is NCCCS(=O)(=O)NCc1ccc(Br)cc1. The Morgan fingerprint density at radius 1 is 1.25 bits per heavy atom. The van der Waals surface area contributed by atoms with Crippen molar-refractivity contribution in [1.29, 1.82) is 0 Å². The van der Waals surface area contributed by atoms with Gasteiger partial charge in [-0.1, -0.05) is 28.1 Å². The summed E-state index contributed by atoms with van der Waals surface area (Å²) in [6.07, 6.45) is 0.482. The lowest BCUT2D eigenvalue weighted by Crippen LogP contribution is -2.27. The van der Waals surface area contributed by atoms with Gasteiger partial charge in [0.2, 0.25) is 10.0 Å². The maximum atomic E-state index is 11.5. The van der Waals surface area contributed by atoms with Crippen LogP contribution in [0, 0.1) is 0 Å². The summed E-state index contributed by atoms with van der Waals surface area (Å²) >= 11 is 3.32. The van der Waals surface area contributed by atoms with E-state index in [0.717, 1.165) is 10.0 Å². The summed E-state index contributed by atoms with van der Waals surface area (Å²) in [6, 6.07) is 7.50. The Bertz CT molecular complexity index is 417. The molecule has 0 aliphatic rings. The van der Waals surface area contributed by atoms with Crippen molar-refractivity contribution in [1.82, 2.24) is 4.72 Å². The van der Waals surface area contributed by atoms with Crippen LogP contribution < -0.4 is 10.5 Å². The van der Waals surface area contributed by atoms with Crippen molar-refractivity contribution >= 4 is 26.0 Å². The smallest absolute Gasteiger partial charge is 0.211 e. The second-order valence-electron chi connectivity index (χ2n) is 3.41. The number of nitrogens with one attached hydrogen (secondary N) is 1. The molecule has 0 spiro atoms. The molecule has 0 amide bonds. The molecule has 4 nitrogen and oxygen atoms in total. The van der Waals surface area contributed by atoms with Gasteiger partial charge in [-0.2, -0.15) is 0 Å². The fraction of sp³-hybridized carbons (Fsp3) is 0.400. The molecule has 0 bridgehead atoms. The monoisotopic (exact) mass is 306 g/mol. The van der Waals surface area contributed by atoms with Gasteiger partial charge in [-0.05, 0) is 30.7 Å². The highest BCUT2D eigenvalue weighted by Gasteiger charge is 2.08. The molecule has 0 atom stereocenters. The standard InChI is InChI=1S/C10H15BrN2O2S/c11-10-4-2-9(3-5-10)8-13-16(14,15)7-1-6-12/h2-5,13H,1,6-8,12H2. The van der Waals surface area contributed by atoms with Crippen LogP contribution in [0.5, 0.6) is 0 Å². The Labute approximate surface area is 104 Å². The first-order valence-electron chi connectivity index (χ1n) is 4.95. The van der Waals surface area contributed by atoms with Gasteiger partial charge in [0.1, 0.15) is 0 Å². The number of rotatable bonds is 6. The molecule has 16 heavy (non-hydrogen) atoms. The molecule has 0 unspecified atom stereocenters. The third kappa shape index (κ3) is 5.07. The van der Waals surface area contributed by atoms with Gasteiger partial charge in [0.25, 0.3) is 0 Å². The number of sulfonamides is 1. The Morgan fingerprint density at radius 2 is 1.88 bits per heavy atom. The zero-order valence-electron chi connectivity index (χ0n) is 8.82. The van der Waals surface area contributed by atoms with Crippen molar-refractivity contribution in [2.24, 2.45) is 5.73 Å². The van der Waals surface area contributed by atoms with E-state index in [1.165, 1.54) is 0 Å². The molecule has 1 rings (SSSR count). The summed E-state index contributed by atoms with van der Waals surface area (Å²) in [6.45, 7) is 0.708. The van der Waals surface area contributed by atoms with Gasteiger partial charge in [0.15, 0.2) is 0 Å². The van der Waals surface area contributed by atoms with E-state index in [0.29, 0.717) is 19.5 Å². The van der Waals surface area contributed by atoms with Crippen LogP contribution in [0.2, 0.25) is 0 Å². The van der Waals surface area contributed by atoms with Crippen LogP contribution in [0.3, 0.4) is 0 Å². The Balaban J connectivity index is 2.48. The van der Waals surface area contributed by atoms with E-state index < -0.39 is 10.0 Å². The fourth-order valence-electron chi connectivity index (χ4n) is 1.14. The first-order valence-corrected chi connectivity index (χ1v) is 7.40.